The standard InChI is InChI=1S/C26H36F6O4/c1-6-17(18-9-11-19(33)12-10-18)15-22(4,24(35,25(27,28)29)26(30,31)32)16-21(2,3)20(34)36-23(5)13-7-8-14-23/h9-12,17,33,35H,6-8,13-16H2,1-5H3. The number of hydrogen-bond donors (Lipinski definition) is 2. The molecule has 1 aliphatic rings. The Labute approximate surface area is 208 Å². The number of halogens is 6. The van der Waals surface area contributed by atoms with Crippen LogP contribution in [0.1, 0.15) is 91.0 Å². The van der Waals surface area contributed by atoms with E-state index in [1.165, 1.54) is 38.1 Å². The highest BCUT2D eigenvalue weighted by molar-refractivity contribution is 5.76. The summed E-state index contributed by atoms with van der Waals surface area (Å²) in [5.74, 6) is -1.84. The van der Waals surface area contributed by atoms with Crippen LogP contribution in [0.25, 0.3) is 0 Å². The van der Waals surface area contributed by atoms with E-state index in [2.05, 4.69) is 0 Å². The van der Waals surface area contributed by atoms with Gasteiger partial charge in [0.25, 0.3) is 5.60 Å². The fourth-order valence-corrected chi connectivity index (χ4v) is 5.62. The predicted molar refractivity (Wildman–Crippen MR) is 122 cm³/mol. The van der Waals surface area contributed by atoms with Gasteiger partial charge in [-0.1, -0.05) is 26.0 Å². The molecule has 1 aromatic rings. The van der Waals surface area contributed by atoms with Gasteiger partial charge in [-0.3, -0.25) is 4.79 Å². The van der Waals surface area contributed by atoms with E-state index in [0.717, 1.165) is 19.8 Å². The van der Waals surface area contributed by atoms with Crippen molar-refractivity contribution in [1.82, 2.24) is 0 Å². The zero-order valence-electron chi connectivity index (χ0n) is 21.3. The molecule has 0 bridgehead atoms. The van der Waals surface area contributed by atoms with Gasteiger partial charge in [-0.15, -0.1) is 0 Å². The number of benzene rings is 1. The lowest BCUT2D eigenvalue weighted by atomic mass is 9.59. The number of esters is 1. The Morgan fingerprint density at radius 3 is 1.89 bits per heavy atom. The molecular weight excluding hydrogens is 490 g/mol. The molecule has 0 saturated heterocycles. The van der Waals surface area contributed by atoms with E-state index < -0.39 is 59.1 Å². The zero-order chi connectivity index (χ0) is 27.8. The van der Waals surface area contributed by atoms with E-state index in [1.807, 2.05) is 0 Å². The minimum absolute atomic E-state index is 0.109. The first-order valence-electron chi connectivity index (χ1n) is 12.1. The first kappa shape index (κ1) is 30.3. The average Bonchev–Trinajstić information content (AvgIpc) is 3.16. The monoisotopic (exact) mass is 526 g/mol. The molecule has 4 nitrogen and oxygen atoms in total. The Balaban J connectivity index is 2.57. The van der Waals surface area contributed by atoms with Crippen molar-refractivity contribution in [3.05, 3.63) is 29.8 Å². The van der Waals surface area contributed by atoms with Crippen molar-refractivity contribution in [2.75, 3.05) is 0 Å². The smallest absolute Gasteiger partial charge is 0.426 e. The average molecular weight is 527 g/mol. The molecule has 2 atom stereocenters. The normalized spacial score (nSPS) is 19.6. The molecule has 0 aromatic heterocycles. The van der Waals surface area contributed by atoms with Crippen LogP contribution in [0, 0.1) is 10.8 Å². The van der Waals surface area contributed by atoms with Gasteiger partial charge in [0.1, 0.15) is 11.4 Å². The minimum atomic E-state index is -6.06. The van der Waals surface area contributed by atoms with Gasteiger partial charge in [0.2, 0.25) is 0 Å². The molecule has 2 rings (SSSR count). The third-order valence-corrected chi connectivity index (χ3v) is 7.63. The van der Waals surface area contributed by atoms with Gasteiger partial charge in [0.15, 0.2) is 0 Å². The van der Waals surface area contributed by atoms with Gasteiger partial charge in [0, 0.05) is 5.41 Å². The SMILES string of the molecule is CCC(CC(C)(CC(C)(C)C(=O)OC1(C)CCCC1)C(O)(C(F)(F)F)C(F)(F)F)c1ccc(O)cc1. The molecule has 2 unspecified atom stereocenters. The molecule has 36 heavy (non-hydrogen) atoms. The number of phenols is 1. The molecule has 1 fully saturated rings. The second-order valence-electron chi connectivity index (χ2n) is 11.3. The van der Waals surface area contributed by atoms with E-state index >= 15 is 0 Å². The number of ether oxygens (including phenoxy) is 1. The van der Waals surface area contributed by atoms with Gasteiger partial charge in [0.05, 0.1) is 5.41 Å². The maximum Gasteiger partial charge on any atom is 0.426 e. The van der Waals surface area contributed by atoms with E-state index in [-0.39, 0.29) is 12.2 Å². The Morgan fingerprint density at radius 1 is 1.00 bits per heavy atom. The number of aliphatic hydroxyl groups is 1. The second-order valence-corrected chi connectivity index (χ2v) is 11.3. The van der Waals surface area contributed by atoms with Crippen LogP contribution in [0.3, 0.4) is 0 Å². The maximum absolute atomic E-state index is 14.2. The van der Waals surface area contributed by atoms with Gasteiger partial charge in [-0.25, -0.2) is 0 Å². The molecule has 0 spiro atoms. The predicted octanol–water partition coefficient (Wildman–Crippen LogP) is 7.43. The highest BCUT2D eigenvalue weighted by Crippen LogP contribution is 2.60. The van der Waals surface area contributed by atoms with Crippen molar-refractivity contribution in [2.45, 2.75) is 109 Å². The Bertz CT molecular complexity index is 886. The summed E-state index contributed by atoms with van der Waals surface area (Å²) < 4.78 is 90.5. The molecule has 0 aliphatic heterocycles. The lowest BCUT2D eigenvalue weighted by Crippen LogP contribution is -2.67. The summed E-state index contributed by atoms with van der Waals surface area (Å²) in [4.78, 5) is 13.1. The topological polar surface area (TPSA) is 66.8 Å². The Hall–Kier alpha value is -1.97. The molecule has 206 valence electrons. The summed E-state index contributed by atoms with van der Waals surface area (Å²) in [6, 6.07) is 5.42. The lowest BCUT2D eigenvalue weighted by Gasteiger charge is -2.50. The number of carbonyl (C=O) groups is 1. The number of phenolic OH excluding ortho intramolecular Hbond substituents is 1. The highest BCUT2D eigenvalue weighted by atomic mass is 19.4. The van der Waals surface area contributed by atoms with Crippen LogP contribution in [0.2, 0.25) is 0 Å². The van der Waals surface area contributed by atoms with Gasteiger partial charge in [-0.05, 0) is 89.3 Å². The summed E-state index contributed by atoms with van der Waals surface area (Å²) in [7, 11) is 0. The molecule has 1 aliphatic carbocycles. The van der Waals surface area contributed by atoms with Crippen molar-refractivity contribution in [3.8, 4) is 5.75 Å². The summed E-state index contributed by atoms with van der Waals surface area (Å²) in [5.41, 5.74) is -10.1. The van der Waals surface area contributed by atoms with Crippen molar-refractivity contribution < 1.29 is 46.1 Å². The van der Waals surface area contributed by atoms with Crippen molar-refractivity contribution in [1.29, 1.82) is 0 Å². The first-order valence-corrected chi connectivity index (χ1v) is 12.1. The number of carbonyl (C=O) groups excluding carboxylic acids is 1. The number of alkyl halides is 6. The van der Waals surface area contributed by atoms with Crippen molar-refractivity contribution >= 4 is 5.97 Å². The summed E-state index contributed by atoms with van der Waals surface area (Å²) in [6.07, 6.45) is -10.9. The molecule has 2 N–H and O–H groups in total. The van der Waals surface area contributed by atoms with Gasteiger partial charge >= 0.3 is 18.3 Å². The number of aromatic hydroxyl groups is 1. The molecule has 10 heteroatoms. The molecular formula is C26H36F6O4. The third-order valence-electron chi connectivity index (χ3n) is 7.63. The van der Waals surface area contributed by atoms with Crippen LogP contribution in [-0.4, -0.2) is 39.7 Å². The fraction of sp³-hybridized carbons (Fsp3) is 0.731. The minimum Gasteiger partial charge on any atom is -0.508 e. The quantitative estimate of drug-likeness (QED) is 0.259. The first-order chi connectivity index (χ1) is 16.2. The molecule has 0 radical (unpaired) electrons. The summed E-state index contributed by atoms with van der Waals surface area (Å²) in [5, 5.41) is 20.1. The van der Waals surface area contributed by atoms with Gasteiger partial charge < -0.3 is 14.9 Å². The van der Waals surface area contributed by atoms with Gasteiger partial charge in [-0.2, -0.15) is 26.3 Å². The second kappa shape index (κ2) is 10.1. The molecule has 0 heterocycles. The maximum atomic E-state index is 14.2. The summed E-state index contributed by atoms with van der Waals surface area (Å²) >= 11 is 0. The molecule has 1 saturated carbocycles. The van der Waals surface area contributed by atoms with Crippen LogP contribution in [0.4, 0.5) is 26.3 Å². The van der Waals surface area contributed by atoms with Crippen LogP contribution in [0.5, 0.6) is 5.75 Å². The van der Waals surface area contributed by atoms with Crippen LogP contribution >= 0.6 is 0 Å². The number of rotatable bonds is 9. The number of hydrogen-bond acceptors (Lipinski definition) is 4. The van der Waals surface area contributed by atoms with Crippen LogP contribution < -0.4 is 0 Å². The third kappa shape index (κ3) is 5.94. The van der Waals surface area contributed by atoms with Crippen LogP contribution in [0.15, 0.2) is 24.3 Å². The molecule has 1 aromatic carbocycles. The largest absolute Gasteiger partial charge is 0.508 e. The van der Waals surface area contributed by atoms with E-state index in [4.69, 9.17) is 4.74 Å². The summed E-state index contributed by atoms with van der Waals surface area (Å²) in [6.45, 7) is 6.55. The van der Waals surface area contributed by atoms with E-state index in [0.29, 0.717) is 18.4 Å². The molecule has 0 amide bonds. The highest BCUT2D eigenvalue weighted by Gasteiger charge is 2.78. The zero-order valence-corrected chi connectivity index (χ0v) is 21.3. The van der Waals surface area contributed by atoms with Crippen molar-refractivity contribution in [3.63, 3.8) is 0 Å². The van der Waals surface area contributed by atoms with Crippen LogP contribution in [-0.2, 0) is 9.53 Å². The Morgan fingerprint density at radius 2 is 1.47 bits per heavy atom. The Kier molecular flexibility index (Phi) is 8.46. The van der Waals surface area contributed by atoms with E-state index in [1.54, 1.807) is 13.8 Å². The fourth-order valence-electron chi connectivity index (χ4n) is 5.62. The van der Waals surface area contributed by atoms with E-state index in [9.17, 15) is 41.4 Å². The lowest BCUT2D eigenvalue weighted by molar-refractivity contribution is -0.405. The van der Waals surface area contributed by atoms with Crippen molar-refractivity contribution in [2.24, 2.45) is 10.8 Å².